The van der Waals surface area contributed by atoms with Crippen molar-refractivity contribution in [1.29, 1.82) is 0 Å². The van der Waals surface area contributed by atoms with Crippen LogP contribution in [0.1, 0.15) is 24.8 Å². The van der Waals surface area contributed by atoms with Crippen LogP contribution in [0.2, 0.25) is 0 Å². The minimum absolute atomic E-state index is 0. The number of amides is 1. The minimum atomic E-state index is 0. The summed E-state index contributed by atoms with van der Waals surface area (Å²) in [6.07, 6.45) is 3.63. The Morgan fingerprint density at radius 2 is 2.05 bits per heavy atom. The predicted molar refractivity (Wildman–Crippen MR) is 83.5 cm³/mol. The summed E-state index contributed by atoms with van der Waals surface area (Å²) >= 11 is 3.44. The van der Waals surface area contributed by atoms with E-state index in [0.717, 1.165) is 30.3 Å². The third-order valence-corrected chi connectivity index (χ3v) is 3.97. The maximum atomic E-state index is 11.9. The van der Waals surface area contributed by atoms with Crippen LogP contribution in [0, 0.1) is 0 Å². The van der Waals surface area contributed by atoms with E-state index >= 15 is 0 Å². The molecule has 1 fully saturated rings. The summed E-state index contributed by atoms with van der Waals surface area (Å²) in [4.78, 5) is 13.9. The summed E-state index contributed by atoms with van der Waals surface area (Å²) in [7, 11) is 0. The molecule has 19 heavy (non-hydrogen) atoms. The predicted octanol–water partition coefficient (Wildman–Crippen LogP) is 2.75. The molecule has 2 rings (SSSR count). The number of halogens is 2. The van der Waals surface area contributed by atoms with E-state index in [1.54, 1.807) is 0 Å². The van der Waals surface area contributed by atoms with Gasteiger partial charge in [-0.2, -0.15) is 0 Å². The third kappa shape index (κ3) is 4.48. The van der Waals surface area contributed by atoms with Gasteiger partial charge in [0, 0.05) is 30.0 Å². The summed E-state index contributed by atoms with van der Waals surface area (Å²) in [6, 6.07) is 8.69. The van der Waals surface area contributed by atoms with E-state index in [4.69, 9.17) is 5.73 Å². The van der Waals surface area contributed by atoms with E-state index in [0.29, 0.717) is 19.0 Å². The Labute approximate surface area is 129 Å². The Balaban J connectivity index is 0.00000180. The van der Waals surface area contributed by atoms with Gasteiger partial charge in [-0.25, -0.2) is 0 Å². The van der Waals surface area contributed by atoms with Gasteiger partial charge in [0.25, 0.3) is 0 Å². The van der Waals surface area contributed by atoms with Crippen LogP contribution >= 0.6 is 28.3 Å². The molecule has 0 aromatic heterocycles. The van der Waals surface area contributed by atoms with E-state index in [9.17, 15) is 4.79 Å². The number of hydrogen-bond acceptors (Lipinski definition) is 2. The number of rotatable bonds is 4. The van der Waals surface area contributed by atoms with E-state index < -0.39 is 0 Å². The Hall–Kier alpha value is -0.580. The number of benzene rings is 1. The number of carbonyl (C=O) groups is 1. The maximum Gasteiger partial charge on any atom is 0.224 e. The first-order valence-corrected chi connectivity index (χ1v) is 7.24. The van der Waals surface area contributed by atoms with Gasteiger partial charge in [0.05, 0.1) is 0 Å². The zero-order valence-corrected chi connectivity index (χ0v) is 13.3. The fraction of sp³-hybridized carbons (Fsp3) is 0.500. The number of carbonyl (C=O) groups excluding carboxylic acids is 1. The van der Waals surface area contributed by atoms with Crippen molar-refractivity contribution >= 4 is 34.2 Å². The van der Waals surface area contributed by atoms with Crippen LogP contribution in [-0.2, 0) is 11.2 Å². The molecule has 5 heteroatoms. The van der Waals surface area contributed by atoms with Gasteiger partial charge in [-0.3, -0.25) is 4.79 Å². The van der Waals surface area contributed by atoms with Crippen molar-refractivity contribution in [1.82, 2.24) is 4.90 Å². The number of hydrogen-bond donors (Lipinski definition) is 1. The highest BCUT2D eigenvalue weighted by molar-refractivity contribution is 9.10. The van der Waals surface area contributed by atoms with Crippen LogP contribution < -0.4 is 5.73 Å². The number of nitrogens with zero attached hydrogens (tertiary/aromatic N) is 1. The van der Waals surface area contributed by atoms with Gasteiger partial charge in [-0.05, 0) is 37.0 Å². The lowest BCUT2D eigenvalue weighted by Gasteiger charge is -2.24. The molecule has 1 aromatic carbocycles. The first-order valence-electron chi connectivity index (χ1n) is 6.44. The highest BCUT2D eigenvalue weighted by atomic mass is 79.9. The van der Waals surface area contributed by atoms with Gasteiger partial charge < -0.3 is 10.6 Å². The standard InChI is InChI=1S/C14H19BrN2O.ClH/c15-12-5-3-11(4-6-12)10-13-2-1-9-17(13)14(18)7-8-16;/h3-6,13H,1-2,7-10,16H2;1H. The molecule has 1 aliphatic heterocycles. The molecule has 0 bridgehead atoms. The topological polar surface area (TPSA) is 46.3 Å². The van der Waals surface area contributed by atoms with Crippen LogP contribution in [-0.4, -0.2) is 29.9 Å². The summed E-state index contributed by atoms with van der Waals surface area (Å²) in [5.41, 5.74) is 6.75. The van der Waals surface area contributed by atoms with Crippen LogP contribution in [0.5, 0.6) is 0 Å². The normalized spacial score (nSPS) is 18.2. The van der Waals surface area contributed by atoms with Crippen molar-refractivity contribution in [3.8, 4) is 0 Å². The molecule has 2 N–H and O–H groups in total. The zero-order chi connectivity index (χ0) is 13.0. The second kappa shape index (κ2) is 7.88. The molecule has 1 saturated heterocycles. The monoisotopic (exact) mass is 346 g/mol. The van der Waals surface area contributed by atoms with Crippen molar-refractivity contribution in [2.24, 2.45) is 5.73 Å². The average molecular weight is 348 g/mol. The van der Waals surface area contributed by atoms with Crippen LogP contribution in [0.15, 0.2) is 28.7 Å². The minimum Gasteiger partial charge on any atom is -0.339 e. The average Bonchev–Trinajstić information content (AvgIpc) is 2.81. The first-order chi connectivity index (χ1) is 8.70. The molecule has 0 saturated carbocycles. The molecule has 1 heterocycles. The third-order valence-electron chi connectivity index (χ3n) is 3.44. The van der Waals surface area contributed by atoms with Gasteiger partial charge in [-0.15, -0.1) is 12.4 Å². The van der Waals surface area contributed by atoms with Crippen LogP contribution in [0.4, 0.5) is 0 Å². The van der Waals surface area contributed by atoms with Gasteiger partial charge >= 0.3 is 0 Å². The lowest BCUT2D eigenvalue weighted by atomic mass is 10.0. The fourth-order valence-electron chi connectivity index (χ4n) is 2.54. The van der Waals surface area contributed by atoms with E-state index in [1.807, 2.05) is 4.90 Å². The molecule has 0 aliphatic carbocycles. The summed E-state index contributed by atoms with van der Waals surface area (Å²) in [5, 5.41) is 0. The largest absolute Gasteiger partial charge is 0.339 e. The van der Waals surface area contributed by atoms with Crippen molar-refractivity contribution < 1.29 is 4.79 Å². The molecule has 1 amide bonds. The molecule has 0 spiro atoms. The van der Waals surface area contributed by atoms with E-state index in [2.05, 4.69) is 40.2 Å². The number of likely N-dealkylation sites (tertiary alicyclic amines) is 1. The quantitative estimate of drug-likeness (QED) is 0.910. The maximum absolute atomic E-state index is 11.9. The Kier molecular flexibility index (Phi) is 6.83. The van der Waals surface area contributed by atoms with Crippen LogP contribution in [0.3, 0.4) is 0 Å². The second-order valence-corrected chi connectivity index (χ2v) is 5.67. The summed E-state index contributed by atoms with van der Waals surface area (Å²) in [6.45, 7) is 1.33. The first kappa shape index (κ1) is 16.5. The molecule has 1 aliphatic rings. The Bertz CT molecular complexity index is 410. The van der Waals surface area contributed by atoms with Gasteiger partial charge in [0.1, 0.15) is 0 Å². The summed E-state index contributed by atoms with van der Waals surface area (Å²) < 4.78 is 1.09. The number of nitrogens with two attached hydrogens (primary N) is 1. The lowest BCUT2D eigenvalue weighted by molar-refractivity contribution is -0.131. The molecule has 1 atom stereocenters. The van der Waals surface area contributed by atoms with Gasteiger partial charge in [-0.1, -0.05) is 28.1 Å². The molecule has 106 valence electrons. The van der Waals surface area contributed by atoms with Crippen molar-refractivity contribution in [3.05, 3.63) is 34.3 Å². The molecule has 3 nitrogen and oxygen atoms in total. The highest BCUT2D eigenvalue weighted by Crippen LogP contribution is 2.22. The van der Waals surface area contributed by atoms with Crippen molar-refractivity contribution in [2.45, 2.75) is 31.7 Å². The second-order valence-electron chi connectivity index (χ2n) is 4.75. The summed E-state index contributed by atoms with van der Waals surface area (Å²) in [5.74, 6) is 0.206. The fourth-order valence-corrected chi connectivity index (χ4v) is 2.80. The van der Waals surface area contributed by atoms with Crippen molar-refractivity contribution in [2.75, 3.05) is 13.1 Å². The Morgan fingerprint density at radius 1 is 1.37 bits per heavy atom. The Morgan fingerprint density at radius 3 is 2.68 bits per heavy atom. The van der Waals surface area contributed by atoms with Gasteiger partial charge in [0.2, 0.25) is 5.91 Å². The highest BCUT2D eigenvalue weighted by Gasteiger charge is 2.27. The molecular formula is C14H20BrClN2O. The van der Waals surface area contributed by atoms with Crippen molar-refractivity contribution in [3.63, 3.8) is 0 Å². The molecule has 1 aromatic rings. The zero-order valence-electron chi connectivity index (χ0n) is 10.8. The van der Waals surface area contributed by atoms with Crippen LogP contribution in [0.25, 0.3) is 0 Å². The lowest BCUT2D eigenvalue weighted by Crippen LogP contribution is -2.37. The molecular weight excluding hydrogens is 328 g/mol. The van der Waals surface area contributed by atoms with E-state index in [-0.39, 0.29) is 18.3 Å². The van der Waals surface area contributed by atoms with E-state index in [1.165, 1.54) is 5.56 Å². The molecule has 0 radical (unpaired) electrons. The van der Waals surface area contributed by atoms with Gasteiger partial charge in [0.15, 0.2) is 0 Å². The SMILES string of the molecule is Cl.NCCC(=O)N1CCCC1Cc1ccc(Br)cc1. The molecule has 1 unspecified atom stereocenters. The smallest absolute Gasteiger partial charge is 0.224 e.